The molecule has 1 fully saturated rings. The molecule has 1 N–H and O–H groups in total. The second kappa shape index (κ2) is 6.45. The number of carbonyl (C=O) groups excluding carboxylic acids is 1. The Hall–Kier alpha value is -1.28. The van der Waals surface area contributed by atoms with Gasteiger partial charge in [-0.1, -0.05) is 13.8 Å². The zero-order valence-corrected chi connectivity index (χ0v) is 13.3. The van der Waals surface area contributed by atoms with Gasteiger partial charge in [0, 0.05) is 32.1 Å². The maximum absolute atomic E-state index is 11.8. The lowest BCUT2D eigenvalue weighted by atomic mass is 9.87. The number of hydrogen-bond acceptors (Lipinski definition) is 4. The molecule has 20 heavy (non-hydrogen) atoms. The Balaban J connectivity index is 2.22. The molecule has 1 rings (SSSR count). The minimum Gasteiger partial charge on any atom is -0.444 e. The fourth-order valence-electron chi connectivity index (χ4n) is 1.99. The number of nitrogens with one attached hydrogen (secondary N) is 1. The quantitative estimate of drug-likeness (QED) is 0.841. The molecule has 1 saturated heterocycles. The summed E-state index contributed by atoms with van der Waals surface area (Å²) in [5.41, 5.74) is -0.322. The Bertz CT molecular complexity index is 374. The second-order valence-electron chi connectivity index (χ2n) is 7.29. The number of carbonyl (C=O) groups is 1. The summed E-state index contributed by atoms with van der Waals surface area (Å²) < 4.78 is 5.31. The molecule has 0 bridgehead atoms. The molecule has 0 atom stereocenters. The standard InChI is InChI=1S/C15H27N3O2/c1-14(2,3)20-13(19)18-9-12(10-18)17-11-15(4,5)7-6-8-16/h12,17H,6-7,9-11H2,1-5H3. The van der Waals surface area contributed by atoms with E-state index < -0.39 is 5.60 Å². The zero-order valence-electron chi connectivity index (χ0n) is 13.3. The van der Waals surface area contributed by atoms with Gasteiger partial charge in [-0.05, 0) is 32.6 Å². The minimum absolute atomic E-state index is 0.113. The molecule has 0 spiro atoms. The van der Waals surface area contributed by atoms with E-state index in [9.17, 15) is 4.79 Å². The lowest BCUT2D eigenvalue weighted by Crippen LogP contribution is -2.61. The van der Waals surface area contributed by atoms with Crippen LogP contribution < -0.4 is 5.32 Å². The van der Waals surface area contributed by atoms with Crippen LogP contribution in [0.15, 0.2) is 0 Å². The number of likely N-dealkylation sites (tertiary alicyclic amines) is 1. The highest BCUT2D eigenvalue weighted by Gasteiger charge is 2.34. The van der Waals surface area contributed by atoms with Crippen LogP contribution in [0.1, 0.15) is 47.5 Å². The van der Waals surface area contributed by atoms with Crippen LogP contribution in [-0.2, 0) is 4.74 Å². The fourth-order valence-corrected chi connectivity index (χ4v) is 1.99. The van der Waals surface area contributed by atoms with Crippen molar-refractivity contribution < 1.29 is 9.53 Å². The highest BCUT2D eigenvalue weighted by molar-refractivity contribution is 5.69. The van der Waals surface area contributed by atoms with Crippen LogP contribution in [0.4, 0.5) is 4.79 Å². The first kappa shape index (κ1) is 16.8. The highest BCUT2D eigenvalue weighted by atomic mass is 16.6. The maximum atomic E-state index is 11.8. The van der Waals surface area contributed by atoms with Crippen LogP contribution in [0.3, 0.4) is 0 Å². The molecule has 5 heteroatoms. The van der Waals surface area contributed by atoms with Gasteiger partial charge in [0.1, 0.15) is 5.60 Å². The Labute approximate surface area is 122 Å². The van der Waals surface area contributed by atoms with Gasteiger partial charge in [0.25, 0.3) is 0 Å². The Morgan fingerprint density at radius 3 is 2.45 bits per heavy atom. The average molecular weight is 281 g/mol. The Morgan fingerprint density at radius 1 is 1.35 bits per heavy atom. The third-order valence-corrected chi connectivity index (χ3v) is 3.32. The number of nitriles is 1. The number of ether oxygens (including phenoxy) is 1. The molecular formula is C15H27N3O2. The van der Waals surface area contributed by atoms with E-state index in [1.165, 1.54) is 0 Å². The molecule has 5 nitrogen and oxygen atoms in total. The minimum atomic E-state index is -0.436. The summed E-state index contributed by atoms with van der Waals surface area (Å²) in [5, 5.41) is 12.1. The molecule has 0 aliphatic carbocycles. The normalized spacial score (nSPS) is 16.5. The van der Waals surface area contributed by atoms with Crippen molar-refractivity contribution >= 4 is 6.09 Å². The summed E-state index contributed by atoms with van der Waals surface area (Å²) in [4.78, 5) is 13.5. The summed E-state index contributed by atoms with van der Waals surface area (Å²) in [6.07, 6.45) is 1.24. The molecule has 1 heterocycles. The van der Waals surface area contributed by atoms with E-state index in [0.29, 0.717) is 25.6 Å². The summed E-state index contributed by atoms with van der Waals surface area (Å²) in [5.74, 6) is 0. The first-order valence-electron chi connectivity index (χ1n) is 7.21. The van der Waals surface area contributed by atoms with E-state index >= 15 is 0 Å². The summed E-state index contributed by atoms with van der Waals surface area (Å²) in [6, 6.07) is 2.52. The molecule has 0 aromatic carbocycles. The van der Waals surface area contributed by atoms with Gasteiger partial charge in [0.15, 0.2) is 0 Å². The van der Waals surface area contributed by atoms with E-state index in [2.05, 4.69) is 25.2 Å². The molecule has 0 aromatic heterocycles. The first-order chi connectivity index (χ1) is 9.13. The zero-order chi connectivity index (χ0) is 15.4. The van der Waals surface area contributed by atoms with Crippen LogP contribution in [-0.4, -0.2) is 42.3 Å². The largest absolute Gasteiger partial charge is 0.444 e. The predicted octanol–water partition coefficient (Wildman–Crippen LogP) is 2.53. The van der Waals surface area contributed by atoms with Crippen molar-refractivity contribution in [2.24, 2.45) is 5.41 Å². The molecule has 1 aliphatic heterocycles. The number of amides is 1. The molecule has 0 saturated carbocycles. The first-order valence-corrected chi connectivity index (χ1v) is 7.21. The number of hydrogen-bond donors (Lipinski definition) is 1. The van der Waals surface area contributed by atoms with Crippen molar-refractivity contribution in [3.05, 3.63) is 0 Å². The third kappa shape index (κ3) is 5.79. The van der Waals surface area contributed by atoms with E-state index in [-0.39, 0.29) is 11.5 Å². The lowest BCUT2D eigenvalue weighted by Gasteiger charge is -2.41. The second-order valence-corrected chi connectivity index (χ2v) is 7.29. The topological polar surface area (TPSA) is 65.4 Å². The van der Waals surface area contributed by atoms with Crippen molar-refractivity contribution in [1.29, 1.82) is 5.26 Å². The molecule has 0 unspecified atom stereocenters. The molecular weight excluding hydrogens is 254 g/mol. The van der Waals surface area contributed by atoms with Crippen molar-refractivity contribution in [1.82, 2.24) is 10.2 Å². The lowest BCUT2D eigenvalue weighted by molar-refractivity contribution is 0.00448. The van der Waals surface area contributed by atoms with E-state index in [0.717, 1.165) is 13.0 Å². The highest BCUT2D eigenvalue weighted by Crippen LogP contribution is 2.22. The summed E-state index contributed by atoms with van der Waals surface area (Å²) >= 11 is 0. The van der Waals surface area contributed by atoms with Crippen molar-refractivity contribution in [2.75, 3.05) is 19.6 Å². The molecule has 114 valence electrons. The van der Waals surface area contributed by atoms with Gasteiger partial charge >= 0.3 is 6.09 Å². The SMILES string of the molecule is CC(C)(CCC#N)CNC1CN(C(=O)OC(C)(C)C)C1. The van der Waals surface area contributed by atoms with E-state index in [1.54, 1.807) is 4.90 Å². The van der Waals surface area contributed by atoms with Crippen LogP contribution in [0.2, 0.25) is 0 Å². The molecule has 0 aromatic rings. The van der Waals surface area contributed by atoms with Crippen molar-refractivity contribution in [3.8, 4) is 6.07 Å². The maximum Gasteiger partial charge on any atom is 0.410 e. The van der Waals surface area contributed by atoms with Crippen molar-refractivity contribution in [3.63, 3.8) is 0 Å². The molecule has 0 radical (unpaired) electrons. The third-order valence-electron chi connectivity index (χ3n) is 3.32. The van der Waals surface area contributed by atoms with Gasteiger partial charge < -0.3 is 15.0 Å². The van der Waals surface area contributed by atoms with Gasteiger partial charge in [-0.3, -0.25) is 0 Å². The fraction of sp³-hybridized carbons (Fsp3) is 0.867. The van der Waals surface area contributed by atoms with Crippen LogP contribution >= 0.6 is 0 Å². The molecule has 1 aliphatic rings. The summed E-state index contributed by atoms with van der Waals surface area (Å²) in [6.45, 7) is 12.2. The van der Waals surface area contributed by atoms with Gasteiger partial charge in [-0.2, -0.15) is 5.26 Å². The van der Waals surface area contributed by atoms with Crippen LogP contribution in [0.25, 0.3) is 0 Å². The van der Waals surface area contributed by atoms with E-state index in [1.807, 2.05) is 20.8 Å². The van der Waals surface area contributed by atoms with Crippen molar-refractivity contribution in [2.45, 2.75) is 59.1 Å². The van der Waals surface area contributed by atoms with Crippen LogP contribution in [0.5, 0.6) is 0 Å². The van der Waals surface area contributed by atoms with Crippen LogP contribution in [0, 0.1) is 16.7 Å². The van der Waals surface area contributed by atoms with Gasteiger partial charge in [-0.15, -0.1) is 0 Å². The number of nitrogens with zero attached hydrogens (tertiary/aromatic N) is 2. The smallest absolute Gasteiger partial charge is 0.410 e. The number of rotatable bonds is 5. The summed E-state index contributed by atoms with van der Waals surface area (Å²) in [7, 11) is 0. The van der Waals surface area contributed by atoms with E-state index in [4.69, 9.17) is 10.00 Å². The monoisotopic (exact) mass is 281 g/mol. The molecule has 1 amide bonds. The Morgan fingerprint density at radius 2 is 1.95 bits per heavy atom. The predicted molar refractivity (Wildman–Crippen MR) is 78.2 cm³/mol. The van der Waals surface area contributed by atoms with Gasteiger partial charge in [0.05, 0.1) is 6.07 Å². The van der Waals surface area contributed by atoms with Gasteiger partial charge in [-0.25, -0.2) is 4.79 Å². The Kier molecular flexibility index (Phi) is 5.41. The average Bonchev–Trinajstić information content (AvgIpc) is 2.21. The van der Waals surface area contributed by atoms with Gasteiger partial charge in [0.2, 0.25) is 0 Å².